The Kier molecular flexibility index (Phi) is 8.08. The largest absolute Gasteiger partial charge is 0.457 e. The lowest BCUT2D eigenvalue weighted by atomic mass is 9.79. The molecular formula is C65H59N5O. The van der Waals surface area contributed by atoms with Gasteiger partial charge in [0.25, 0.3) is 0 Å². The highest BCUT2D eigenvalue weighted by Crippen LogP contribution is 2.46. The molecule has 0 unspecified atom stereocenters. The first kappa shape index (κ1) is 35.2. The molecule has 71 heavy (non-hydrogen) atoms. The van der Waals surface area contributed by atoms with Crippen LogP contribution in [0, 0.1) is 0 Å². The third-order valence-corrected chi connectivity index (χ3v) is 14.2. The molecule has 6 heteroatoms. The summed E-state index contributed by atoms with van der Waals surface area (Å²) in [5.74, 6) is 2.09. The van der Waals surface area contributed by atoms with Crippen molar-refractivity contribution in [2.45, 2.75) is 85.0 Å². The van der Waals surface area contributed by atoms with Crippen LogP contribution in [0.2, 0.25) is 0 Å². The lowest BCUT2D eigenvalue weighted by molar-refractivity contribution is 0.483. The number of aromatic nitrogens is 4. The molecule has 1 aliphatic heterocycles. The van der Waals surface area contributed by atoms with E-state index in [2.05, 4.69) is 126 Å². The molecule has 7 aromatic carbocycles. The maximum atomic E-state index is 8.79. The van der Waals surface area contributed by atoms with Gasteiger partial charge in [-0.2, -0.15) is 0 Å². The normalized spacial score (nSPS) is 15.5. The van der Waals surface area contributed by atoms with E-state index in [9.17, 15) is 0 Å². The quantitative estimate of drug-likeness (QED) is 0.173. The Bertz CT molecular complexity index is 4350. The van der Waals surface area contributed by atoms with E-state index in [1.807, 2.05) is 93.8 Å². The zero-order chi connectivity index (χ0) is 56.5. The molecule has 0 bridgehead atoms. The van der Waals surface area contributed by atoms with Gasteiger partial charge in [-0.1, -0.05) is 165 Å². The van der Waals surface area contributed by atoms with Gasteiger partial charge in [-0.05, 0) is 109 Å². The number of pyridine rings is 2. The summed E-state index contributed by atoms with van der Waals surface area (Å²) in [4.78, 5) is 12.0. The third-order valence-electron chi connectivity index (χ3n) is 14.2. The van der Waals surface area contributed by atoms with Crippen molar-refractivity contribution in [3.63, 3.8) is 0 Å². The molecule has 1 aliphatic rings. The molecular weight excluding hydrogens is 867 g/mol. The predicted octanol–water partition coefficient (Wildman–Crippen LogP) is 17.6. The van der Waals surface area contributed by atoms with Crippen LogP contribution in [0.1, 0.15) is 91.1 Å². The highest BCUT2D eigenvalue weighted by Gasteiger charge is 2.28. The average molecular weight is 935 g/mol. The van der Waals surface area contributed by atoms with Gasteiger partial charge in [0.2, 0.25) is 0 Å². The van der Waals surface area contributed by atoms with Crippen LogP contribution in [0.25, 0.3) is 82.1 Å². The van der Waals surface area contributed by atoms with Crippen molar-refractivity contribution < 1.29 is 17.1 Å². The van der Waals surface area contributed by atoms with E-state index in [-0.39, 0.29) is 17.6 Å². The number of rotatable bonds is 5. The number of benzene rings is 7. The molecule has 0 atom stereocenters. The topological polar surface area (TPSA) is 48.1 Å². The number of anilines is 2. The summed E-state index contributed by atoms with van der Waals surface area (Å²) in [6.07, 6.45) is 5.43. The maximum Gasteiger partial charge on any atom is 0.137 e. The molecule has 0 spiro atoms. The van der Waals surface area contributed by atoms with Crippen molar-refractivity contribution in [1.82, 2.24) is 19.1 Å². The van der Waals surface area contributed by atoms with Gasteiger partial charge in [-0.3, -0.25) is 9.55 Å². The summed E-state index contributed by atoms with van der Waals surface area (Å²) in [7, 11) is 0. The van der Waals surface area contributed by atoms with Crippen LogP contribution >= 0.6 is 0 Å². The fourth-order valence-electron chi connectivity index (χ4n) is 10.6. The van der Waals surface area contributed by atoms with E-state index in [0.717, 1.165) is 76.8 Å². The zero-order valence-electron chi connectivity index (χ0n) is 49.7. The zero-order valence-corrected chi connectivity index (χ0v) is 40.7. The van der Waals surface area contributed by atoms with Gasteiger partial charge < -0.3 is 14.2 Å². The molecule has 5 heterocycles. The second kappa shape index (κ2) is 16.3. The molecule has 12 rings (SSSR count). The monoisotopic (exact) mass is 935 g/mol. The van der Waals surface area contributed by atoms with E-state index in [1.54, 1.807) is 6.20 Å². The van der Waals surface area contributed by atoms with E-state index in [4.69, 9.17) is 27.0 Å². The van der Waals surface area contributed by atoms with E-state index in [1.165, 1.54) is 17.7 Å². The summed E-state index contributed by atoms with van der Waals surface area (Å²) in [5.41, 5.74) is 3.75. The van der Waals surface area contributed by atoms with Gasteiger partial charge in [-0.25, -0.2) is 4.98 Å². The van der Waals surface area contributed by atoms with Gasteiger partial charge in [0.15, 0.2) is 0 Å². The SMILES string of the molecule is [2H]C([2H])([2H])C(c1cc(-c2cncc3c4ccccc4c4ccccc4c4cccc5c4n(c23)CN5c2cccc(Oc3ccc4c5ccccc5n(-c5cc(C(C)(C)C)ccn5)c4c3)c2)cc(C(C)(C)C)c1)(C([2H])([2H])[2H])C([2H])([2H])[2H]. The number of nitrogens with zero attached hydrogens (tertiary/aromatic N) is 5. The van der Waals surface area contributed by atoms with Gasteiger partial charge in [0.1, 0.15) is 24.0 Å². The number of hydrogen-bond acceptors (Lipinski definition) is 4. The highest BCUT2D eigenvalue weighted by molar-refractivity contribution is 6.22. The minimum Gasteiger partial charge on any atom is -0.457 e. The fourth-order valence-corrected chi connectivity index (χ4v) is 10.6. The van der Waals surface area contributed by atoms with Crippen molar-refractivity contribution in [3.8, 4) is 28.4 Å². The number of para-hydroxylation sites is 2. The minimum absolute atomic E-state index is 0.0803. The first-order chi connectivity index (χ1) is 37.8. The molecule has 350 valence electrons. The third kappa shape index (κ3) is 7.56. The van der Waals surface area contributed by atoms with Crippen LogP contribution in [0.3, 0.4) is 0 Å². The Morgan fingerprint density at radius 1 is 0.493 bits per heavy atom. The molecule has 4 aromatic heterocycles. The Labute approximate surface area is 428 Å². The number of ether oxygens (including phenoxy) is 1. The highest BCUT2D eigenvalue weighted by atomic mass is 16.5. The molecule has 6 nitrogen and oxygen atoms in total. The molecule has 0 saturated heterocycles. The maximum absolute atomic E-state index is 8.79. The second-order valence-electron chi connectivity index (χ2n) is 20.9. The first-order valence-electron chi connectivity index (χ1n) is 28.6. The number of hydrogen-bond donors (Lipinski definition) is 0. The summed E-state index contributed by atoms with van der Waals surface area (Å²) in [5, 5.41) is 7.77. The van der Waals surface area contributed by atoms with Crippen LogP contribution < -0.4 is 9.64 Å². The lowest BCUT2D eigenvalue weighted by Gasteiger charge is -2.26. The standard InChI is InChI=1S/C65H59N5O/c1-63(2,3)42-30-31-67-60(35-42)70-57-26-15-14-24-52(57)53-29-28-47(37-59(53)70)71-46-19-16-18-45(36-46)68-40-69-61-55(41-32-43(64(4,5)6)34-44(33-41)65(7,8)9)38-66-39-56(61)51-23-13-11-21-49(51)48-20-10-12-22-50(48)54-25-17-27-58(68)62(54)69/h10-39H,40H2,1-9H3/i4D3,5D3,6D3. The van der Waals surface area contributed by atoms with Crippen molar-refractivity contribution in [3.05, 3.63) is 199 Å². The van der Waals surface area contributed by atoms with Gasteiger partial charge >= 0.3 is 0 Å². The Morgan fingerprint density at radius 3 is 1.83 bits per heavy atom. The van der Waals surface area contributed by atoms with E-state index < -0.39 is 31.4 Å². The van der Waals surface area contributed by atoms with Crippen LogP contribution in [0.4, 0.5) is 11.4 Å². The molecule has 0 radical (unpaired) electrons. The van der Waals surface area contributed by atoms with Crippen LogP contribution in [-0.2, 0) is 22.9 Å². The van der Waals surface area contributed by atoms with Crippen LogP contribution in [0.15, 0.2) is 182 Å². The van der Waals surface area contributed by atoms with Crippen LogP contribution in [0.5, 0.6) is 11.5 Å². The van der Waals surface area contributed by atoms with Gasteiger partial charge in [-0.15, -0.1) is 0 Å². The Balaban J connectivity index is 1.08. The van der Waals surface area contributed by atoms with Crippen molar-refractivity contribution in [2.24, 2.45) is 0 Å². The fraction of sp³-hybridized carbons (Fsp3) is 0.200. The first-order valence-corrected chi connectivity index (χ1v) is 24.1. The smallest absolute Gasteiger partial charge is 0.137 e. The molecule has 0 aliphatic carbocycles. The summed E-state index contributed by atoms with van der Waals surface area (Å²) < 4.78 is 90.4. The van der Waals surface area contributed by atoms with Crippen LogP contribution in [-0.4, -0.2) is 19.1 Å². The van der Waals surface area contributed by atoms with E-state index >= 15 is 0 Å². The lowest BCUT2D eigenvalue weighted by Crippen LogP contribution is -2.17. The molecule has 0 fully saturated rings. The molecule has 0 saturated carbocycles. The van der Waals surface area contributed by atoms with Crippen molar-refractivity contribution in [2.75, 3.05) is 4.90 Å². The Hall–Kier alpha value is -7.96. The molecule has 0 N–H and O–H groups in total. The summed E-state index contributed by atoms with van der Waals surface area (Å²) in [6, 6.07) is 54.5. The van der Waals surface area contributed by atoms with Crippen molar-refractivity contribution >= 4 is 76.5 Å². The van der Waals surface area contributed by atoms with E-state index in [0.29, 0.717) is 33.7 Å². The predicted molar refractivity (Wildman–Crippen MR) is 299 cm³/mol. The second-order valence-corrected chi connectivity index (χ2v) is 20.9. The van der Waals surface area contributed by atoms with Gasteiger partial charge in [0, 0.05) is 75.9 Å². The Morgan fingerprint density at radius 2 is 1.11 bits per heavy atom. The minimum atomic E-state index is -3.48. The molecule has 0 amide bonds. The summed E-state index contributed by atoms with van der Waals surface area (Å²) in [6.45, 7) is 2.26. The molecule has 11 aromatic rings. The van der Waals surface area contributed by atoms with Crippen molar-refractivity contribution in [1.29, 1.82) is 0 Å². The van der Waals surface area contributed by atoms with Gasteiger partial charge in [0.05, 0.1) is 27.8 Å². The summed E-state index contributed by atoms with van der Waals surface area (Å²) >= 11 is 0. The number of fused-ring (bicyclic) bond motifs is 10. The average Bonchev–Trinajstić information content (AvgIpc) is 3.97.